The summed E-state index contributed by atoms with van der Waals surface area (Å²) in [6.07, 6.45) is 0.0614. The average Bonchev–Trinajstić information content (AvgIpc) is 3.03. The van der Waals surface area contributed by atoms with Gasteiger partial charge in [-0.2, -0.15) is 0 Å². The number of benzene rings is 1. The van der Waals surface area contributed by atoms with Gasteiger partial charge in [0.25, 0.3) is 0 Å². The largest absolute Gasteiger partial charge is 0.370 e. The minimum atomic E-state index is 0.0614. The van der Waals surface area contributed by atoms with Crippen LogP contribution in [0.3, 0.4) is 0 Å². The van der Waals surface area contributed by atoms with E-state index in [0.29, 0.717) is 12.3 Å². The van der Waals surface area contributed by atoms with Crippen molar-refractivity contribution in [2.75, 3.05) is 24.6 Å². The van der Waals surface area contributed by atoms with Crippen molar-refractivity contribution in [2.24, 2.45) is 0 Å². The Bertz CT molecular complexity index is 743. The predicted octanol–water partition coefficient (Wildman–Crippen LogP) is 1.10. The van der Waals surface area contributed by atoms with Crippen LogP contribution < -0.4 is 4.90 Å². The Hall–Kier alpha value is -2.54. The van der Waals surface area contributed by atoms with Gasteiger partial charge in [0.15, 0.2) is 11.5 Å². The normalized spacial score (nSPS) is 19.0. The zero-order valence-electron chi connectivity index (χ0n) is 11.3. The maximum absolute atomic E-state index is 5.87. The molecule has 1 aliphatic rings. The van der Waals surface area contributed by atoms with Crippen LogP contribution in [0.4, 0.5) is 5.82 Å². The molecule has 1 aliphatic heterocycles. The SMILES string of the molecule is c1ccc(C2CN(c3ccc4nnnn4n3)CCO2)cc1. The van der Waals surface area contributed by atoms with Gasteiger partial charge < -0.3 is 9.64 Å². The summed E-state index contributed by atoms with van der Waals surface area (Å²) in [5.74, 6) is 0.860. The summed E-state index contributed by atoms with van der Waals surface area (Å²) in [5.41, 5.74) is 1.83. The first-order valence-electron chi connectivity index (χ1n) is 6.87. The first-order chi connectivity index (χ1) is 10.4. The maximum Gasteiger partial charge on any atom is 0.200 e. The van der Waals surface area contributed by atoms with Crippen molar-refractivity contribution in [1.29, 1.82) is 0 Å². The molecule has 0 N–H and O–H groups in total. The number of morpholine rings is 1. The molecule has 1 unspecified atom stereocenters. The summed E-state index contributed by atoms with van der Waals surface area (Å²) >= 11 is 0. The second-order valence-electron chi connectivity index (χ2n) is 4.93. The van der Waals surface area contributed by atoms with E-state index in [0.717, 1.165) is 18.9 Å². The van der Waals surface area contributed by atoms with Gasteiger partial charge in [-0.3, -0.25) is 0 Å². The first kappa shape index (κ1) is 12.2. The third kappa shape index (κ3) is 2.31. The van der Waals surface area contributed by atoms with Crippen molar-refractivity contribution in [3.05, 3.63) is 48.0 Å². The van der Waals surface area contributed by atoms with Crippen LogP contribution in [0.5, 0.6) is 0 Å². The molecule has 106 valence electrons. The van der Waals surface area contributed by atoms with Crippen LogP contribution >= 0.6 is 0 Å². The number of fused-ring (bicyclic) bond motifs is 1. The number of aromatic nitrogens is 5. The highest BCUT2D eigenvalue weighted by atomic mass is 16.5. The molecule has 1 saturated heterocycles. The van der Waals surface area contributed by atoms with E-state index in [9.17, 15) is 0 Å². The van der Waals surface area contributed by atoms with Crippen molar-refractivity contribution >= 4 is 11.5 Å². The molecule has 0 saturated carbocycles. The Labute approximate surface area is 121 Å². The molecule has 4 rings (SSSR count). The van der Waals surface area contributed by atoms with E-state index in [4.69, 9.17) is 4.74 Å². The van der Waals surface area contributed by atoms with Crippen molar-refractivity contribution < 1.29 is 4.74 Å². The summed E-state index contributed by atoms with van der Waals surface area (Å²) in [7, 11) is 0. The highest BCUT2D eigenvalue weighted by Crippen LogP contribution is 2.24. The number of nitrogens with zero attached hydrogens (tertiary/aromatic N) is 6. The third-order valence-corrected chi connectivity index (χ3v) is 3.62. The van der Waals surface area contributed by atoms with Gasteiger partial charge in [0.05, 0.1) is 6.61 Å². The van der Waals surface area contributed by atoms with Gasteiger partial charge in [-0.25, -0.2) is 0 Å². The van der Waals surface area contributed by atoms with Crippen molar-refractivity contribution in [3.8, 4) is 0 Å². The zero-order chi connectivity index (χ0) is 14.1. The first-order valence-corrected chi connectivity index (χ1v) is 6.87. The van der Waals surface area contributed by atoms with E-state index in [1.807, 2.05) is 30.3 Å². The van der Waals surface area contributed by atoms with Crippen molar-refractivity contribution in [2.45, 2.75) is 6.10 Å². The second-order valence-corrected chi connectivity index (χ2v) is 4.93. The molecule has 0 radical (unpaired) electrons. The van der Waals surface area contributed by atoms with Gasteiger partial charge in [-0.05, 0) is 28.1 Å². The fourth-order valence-corrected chi connectivity index (χ4v) is 2.54. The molecule has 0 bridgehead atoms. The van der Waals surface area contributed by atoms with E-state index in [2.05, 4.69) is 37.7 Å². The Morgan fingerprint density at radius 1 is 1.10 bits per heavy atom. The second kappa shape index (κ2) is 5.10. The fourth-order valence-electron chi connectivity index (χ4n) is 2.54. The van der Waals surface area contributed by atoms with Crippen LogP contribution in [-0.4, -0.2) is 45.0 Å². The zero-order valence-corrected chi connectivity index (χ0v) is 11.3. The Morgan fingerprint density at radius 2 is 2.00 bits per heavy atom. The molecule has 2 aromatic heterocycles. The van der Waals surface area contributed by atoms with Crippen LogP contribution in [0.2, 0.25) is 0 Å². The van der Waals surface area contributed by atoms with Crippen LogP contribution in [-0.2, 0) is 4.74 Å². The van der Waals surface area contributed by atoms with Crippen LogP contribution in [0.15, 0.2) is 42.5 Å². The van der Waals surface area contributed by atoms with E-state index in [-0.39, 0.29) is 6.10 Å². The number of tetrazole rings is 1. The van der Waals surface area contributed by atoms with Gasteiger partial charge >= 0.3 is 0 Å². The Kier molecular flexibility index (Phi) is 2.97. The van der Waals surface area contributed by atoms with Gasteiger partial charge in [-0.15, -0.1) is 14.8 Å². The maximum atomic E-state index is 5.87. The average molecular weight is 282 g/mol. The smallest absolute Gasteiger partial charge is 0.200 e. The number of anilines is 1. The lowest BCUT2D eigenvalue weighted by Gasteiger charge is -2.33. The minimum absolute atomic E-state index is 0.0614. The van der Waals surface area contributed by atoms with Gasteiger partial charge in [0.2, 0.25) is 0 Å². The highest BCUT2D eigenvalue weighted by molar-refractivity contribution is 5.45. The van der Waals surface area contributed by atoms with Crippen molar-refractivity contribution in [1.82, 2.24) is 25.3 Å². The lowest BCUT2D eigenvalue weighted by Crippen LogP contribution is -2.39. The van der Waals surface area contributed by atoms with Crippen LogP contribution in [0.25, 0.3) is 5.65 Å². The summed E-state index contributed by atoms with van der Waals surface area (Å²) in [4.78, 5) is 2.20. The molecule has 7 nitrogen and oxygen atoms in total. The van der Waals surface area contributed by atoms with Crippen LogP contribution in [0.1, 0.15) is 11.7 Å². The number of hydrogen-bond acceptors (Lipinski definition) is 6. The third-order valence-electron chi connectivity index (χ3n) is 3.62. The molecular formula is C14H14N6O. The summed E-state index contributed by atoms with van der Waals surface area (Å²) in [6, 6.07) is 14.1. The Balaban J connectivity index is 1.60. The molecule has 0 spiro atoms. The van der Waals surface area contributed by atoms with E-state index in [1.54, 1.807) is 0 Å². The molecule has 0 amide bonds. The summed E-state index contributed by atoms with van der Waals surface area (Å²) in [6.45, 7) is 2.25. The van der Waals surface area contributed by atoms with Gasteiger partial charge in [0, 0.05) is 13.1 Å². The van der Waals surface area contributed by atoms with E-state index < -0.39 is 0 Å². The molecule has 7 heteroatoms. The molecule has 3 aromatic rings. The number of hydrogen-bond donors (Lipinski definition) is 0. The molecule has 0 aliphatic carbocycles. The number of ether oxygens (including phenoxy) is 1. The molecule has 1 atom stereocenters. The number of rotatable bonds is 2. The highest BCUT2D eigenvalue weighted by Gasteiger charge is 2.23. The minimum Gasteiger partial charge on any atom is -0.370 e. The lowest BCUT2D eigenvalue weighted by atomic mass is 10.1. The standard InChI is InChI=1S/C14H14N6O/c1-2-4-11(5-3-1)12-10-19(8-9-21-12)14-7-6-13-15-17-18-20(13)16-14/h1-7,12H,8-10H2. The molecule has 3 heterocycles. The molecule has 1 aromatic carbocycles. The molecule has 1 fully saturated rings. The Morgan fingerprint density at radius 3 is 2.90 bits per heavy atom. The molecule has 21 heavy (non-hydrogen) atoms. The monoisotopic (exact) mass is 282 g/mol. The summed E-state index contributed by atoms with van der Waals surface area (Å²) < 4.78 is 7.32. The fraction of sp³-hybridized carbons (Fsp3) is 0.286. The van der Waals surface area contributed by atoms with Crippen LogP contribution in [0, 0.1) is 0 Å². The van der Waals surface area contributed by atoms with E-state index in [1.165, 1.54) is 10.2 Å². The quantitative estimate of drug-likeness (QED) is 0.701. The topological polar surface area (TPSA) is 68.4 Å². The van der Waals surface area contributed by atoms with Gasteiger partial charge in [0.1, 0.15) is 6.10 Å². The van der Waals surface area contributed by atoms with E-state index >= 15 is 0 Å². The van der Waals surface area contributed by atoms with Crippen molar-refractivity contribution in [3.63, 3.8) is 0 Å². The summed E-state index contributed by atoms with van der Waals surface area (Å²) in [5, 5.41) is 15.7. The predicted molar refractivity (Wildman–Crippen MR) is 75.9 cm³/mol. The lowest BCUT2D eigenvalue weighted by molar-refractivity contribution is 0.0394. The molecular weight excluding hydrogens is 268 g/mol. The van der Waals surface area contributed by atoms with Gasteiger partial charge in [-0.1, -0.05) is 30.3 Å².